The van der Waals surface area contributed by atoms with Crippen LogP contribution in [0.15, 0.2) is 16.9 Å². The molecule has 2 aromatic rings. The molecule has 0 saturated carbocycles. The van der Waals surface area contributed by atoms with Crippen molar-refractivity contribution in [2.45, 2.75) is 19.4 Å². The van der Waals surface area contributed by atoms with Crippen LogP contribution in [-0.4, -0.2) is 50.8 Å². The lowest BCUT2D eigenvalue weighted by Crippen LogP contribution is -2.23. The zero-order chi connectivity index (χ0) is 17.1. The van der Waals surface area contributed by atoms with Crippen LogP contribution in [0.4, 0.5) is 5.69 Å². The van der Waals surface area contributed by atoms with E-state index in [-0.39, 0.29) is 5.56 Å². The van der Waals surface area contributed by atoms with Crippen LogP contribution in [0.5, 0.6) is 5.75 Å². The minimum absolute atomic E-state index is 0.00311. The van der Waals surface area contributed by atoms with Gasteiger partial charge in [0.25, 0.3) is 5.56 Å². The Hall–Kier alpha value is -2.05. The third-order valence-corrected chi connectivity index (χ3v) is 4.49. The molecule has 0 spiro atoms. The van der Waals surface area contributed by atoms with Crippen molar-refractivity contribution < 1.29 is 9.47 Å². The molecule has 0 amide bonds. The summed E-state index contributed by atoms with van der Waals surface area (Å²) in [4.78, 5) is 17.6. The number of likely N-dealkylation sites (N-methyl/N-ethyl adjacent to an activating group) is 1. The van der Waals surface area contributed by atoms with Crippen LogP contribution in [0.3, 0.4) is 0 Å². The maximum Gasteiger partial charge on any atom is 0.253 e. The van der Waals surface area contributed by atoms with Crippen LogP contribution in [0, 0.1) is 0 Å². The predicted molar refractivity (Wildman–Crippen MR) is 96.1 cm³/mol. The molecule has 3 rings (SSSR count). The van der Waals surface area contributed by atoms with E-state index in [1.165, 1.54) is 0 Å². The average molecular weight is 331 g/mol. The Morgan fingerprint density at radius 1 is 1.29 bits per heavy atom. The number of nitrogens with one attached hydrogen (secondary N) is 2. The molecular formula is C18H25N3O3. The number of anilines is 1. The van der Waals surface area contributed by atoms with E-state index >= 15 is 0 Å². The lowest BCUT2D eigenvalue weighted by atomic mass is 9.99. The number of aromatic nitrogens is 1. The highest BCUT2D eigenvalue weighted by Crippen LogP contribution is 2.35. The lowest BCUT2D eigenvalue weighted by molar-refractivity contribution is 0.158. The first-order valence-corrected chi connectivity index (χ1v) is 8.31. The second-order valence-corrected chi connectivity index (χ2v) is 6.29. The van der Waals surface area contributed by atoms with E-state index in [9.17, 15) is 4.79 Å². The molecule has 1 aromatic heterocycles. The normalized spacial score (nSPS) is 13.8. The number of fused-ring (bicyclic) bond motifs is 3. The molecule has 0 fully saturated rings. The van der Waals surface area contributed by atoms with Crippen LogP contribution >= 0.6 is 0 Å². The Morgan fingerprint density at radius 2 is 2.12 bits per heavy atom. The minimum Gasteiger partial charge on any atom is -0.496 e. The summed E-state index contributed by atoms with van der Waals surface area (Å²) in [6.07, 6.45) is 1.78. The SMILES string of the molecule is COCCN(C)Cc1cc(OC)c2c3c(c(=O)[nH]c2c1)CCCN3. The third kappa shape index (κ3) is 3.25. The van der Waals surface area contributed by atoms with Gasteiger partial charge < -0.3 is 19.8 Å². The van der Waals surface area contributed by atoms with Crippen molar-refractivity contribution in [2.24, 2.45) is 0 Å². The van der Waals surface area contributed by atoms with Crippen molar-refractivity contribution >= 4 is 16.6 Å². The highest BCUT2D eigenvalue weighted by molar-refractivity contribution is 5.98. The number of hydrogen-bond donors (Lipinski definition) is 2. The van der Waals surface area contributed by atoms with Crippen LogP contribution < -0.4 is 15.6 Å². The number of ether oxygens (including phenoxy) is 2. The van der Waals surface area contributed by atoms with Gasteiger partial charge in [0.1, 0.15) is 5.75 Å². The van der Waals surface area contributed by atoms with Crippen molar-refractivity contribution in [1.29, 1.82) is 0 Å². The number of hydrogen-bond acceptors (Lipinski definition) is 5. The van der Waals surface area contributed by atoms with Gasteiger partial charge in [0.15, 0.2) is 0 Å². The minimum atomic E-state index is -0.00311. The van der Waals surface area contributed by atoms with Crippen molar-refractivity contribution in [3.63, 3.8) is 0 Å². The zero-order valence-corrected chi connectivity index (χ0v) is 14.6. The zero-order valence-electron chi connectivity index (χ0n) is 14.6. The summed E-state index contributed by atoms with van der Waals surface area (Å²) in [7, 11) is 5.42. The molecule has 1 aliphatic rings. The van der Waals surface area contributed by atoms with Crippen LogP contribution in [-0.2, 0) is 17.7 Å². The van der Waals surface area contributed by atoms with Gasteiger partial charge in [-0.15, -0.1) is 0 Å². The van der Waals surface area contributed by atoms with E-state index in [4.69, 9.17) is 9.47 Å². The summed E-state index contributed by atoms with van der Waals surface area (Å²) in [6.45, 7) is 3.19. The average Bonchev–Trinajstić information content (AvgIpc) is 2.59. The third-order valence-electron chi connectivity index (χ3n) is 4.49. The monoisotopic (exact) mass is 331 g/mol. The molecule has 2 N–H and O–H groups in total. The highest BCUT2D eigenvalue weighted by atomic mass is 16.5. The fourth-order valence-electron chi connectivity index (χ4n) is 3.29. The van der Waals surface area contributed by atoms with Crippen LogP contribution in [0.1, 0.15) is 17.5 Å². The molecule has 0 bridgehead atoms. The largest absolute Gasteiger partial charge is 0.496 e. The van der Waals surface area contributed by atoms with Gasteiger partial charge in [-0.2, -0.15) is 0 Å². The van der Waals surface area contributed by atoms with Crippen molar-refractivity contribution in [2.75, 3.05) is 46.3 Å². The molecule has 0 saturated heterocycles. The van der Waals surface area contributed by atoms with E-state index in [0.29, 0.717) is 6.61 Å². The Balaban J connectivity index is 2.05. The maximum absolute atomic E-state index is 12.4. The fourth-order valence-corrected chi connectivity index (χ4v) is 3.29. The Bertz CT molecular complexity index is 785. The predicted octanol–water partition coefficient (Wildman–Crippen LogP) is 1.97. The quantitative estimate of drug-likeness (QED) is 0.847. The molecule has 130 valence electrons. The van der Waals surface area contributed by atoms with Crippen LogP contribution in [0.25, 0.3) is 10.9 Å². The molecule has 1 aromatic carbocycles. The van der Waals surface area contributed by atoms with E-state index in [1.807, 2.05) is 13.1 Å². The Morgan fingerprint density at radius 3 is 2.88 bits per heavy atom. The first-order valence-electron chi connectivity index (χ1n) is 8.31. The fraction of sp³-hybridized carbons (Fsp3) is 0.500. The van der Waals surface area contributed by atoms with Gasteiger partial charge in [0.2, 0.25) is 0 Å². The van der Waals surface area contributed by atoms with Gasteiger partial charge in [-0.1, -0.05) is 0 Å². The molecule has 2 heterocycles. The van der Waals surface area contributed by atoms with Gasteiger partial charge in [-0.25, -0.2) is 0 Å². The summed E-state index contributed by atoms with van der Waals surface area (Å²) in [5.41, 5.74) is 3.68. The number of benzene rings is 1. The summed E-state index contributed by atoms with van der Waals surface area (Å²) < 4.78 is 10.8. The molecule has 6 heteroatoms. The maximum atomic E-state index is 12.4. The van der Waals surface area contributed by atoms with Crippen molar-refractivity contribution in [3.05, 3.63) is 33.6 Å². The summed E-state index contributed by atoms with van der Waals surface area (Å²) in [5.74, 6) is 0.796. The Kier molecular flexibility index (Phi) is 5.06. The van der Waals surface area contributed by atoms with Gasteiger partial charge in [-0.3, -0.25) is 9.69 Å². The molecule has 24 heavy (non-hydrogen) atoms. The number of nitrogens with zero attached hydrogens (tertiary/aromatic N) is 1. The van der Waals surface area contributed by atoms with E-state index in [2.05, 4.69) is 21.3 Å². The second kappa shape index (κ2) is 7.23. The highest BCUT2D eigenvalue weighted by Gasteiger charge is 2.19. The number of aromatic amines is 1. The van der Waals surface area contributed by atoms with Gasteiger partial charge in [-0.05, 0) is 37.6 Å². The molecule has 0 unspecified atom stereocenters. The van der Waals surface area contributed by atoms with Crippen molar-refractivity contribution in [1.82, 2.24) is 9.88 Å². The first-order chi connectivity index (χ1) is 11.6. The van der Waals surface area contributed by atoms with Gasteiger partial charge in [0, 0.05) is 32.3 Å². The van der Waals surface area contributed by atoms with Gasteiger partial charge >= 0.3 is 0 Å². The van der Waals surface area contributed by atoms with Crippen LogP contribution in [0.2, 0.25) is 0 Å². The summed E-state index contributed by atoms with van der Waals surface area (Å²) in [6, 6.07) is 4.10. The van der Waals surface area contributed by atoms with E-state index in [1.54, 1.807) is 14.2 Å². The number of rotatable bonds is 6. The summed E-state index contributed by atoms with van der Waals surface area (Å²) in [5, 5.41) is 4.35. The number of pyridine rings is 1. The van der Waals surface area contributed by atoms with E-state index < -0.39 is 0 Å². The second-order valence-electron chi connectivity index (χ2n) is 6.29. The number of methoxy groups -OCH3 is 2. The lowest BCUT2D eigenvalue weighted by Gasteiger charge is -2.22. The molecular weight excluding hydrogens is 306 g/mol. The molecule has 0 atom stereocenters. The van der Waals surface area contributed by atoms with E-state index in [0.717, 1.165) is 65.9 Å². The smallest absolute Gasteiger partial charge is 0.253 e. The molecule has 0 aliphatic carbocycles. The molecule has 1 aliphatic heterocycles. The Labute approximate surface area is 141 Å². The van der Waals surface area contributed by atoms with Crippen molar-refractivity contribution in [3.8, 4) is 5.75 Å². The standard InChI is InChI=1S/C18H25N3O3/c1-21(7-8-23-2)11-12-9-14-16(15(10-12)24-3)17-13(18(22)20-14)5-4-6-19-17/h9-10,19H,4-8,11H2,1-3H3,(H,20,22). The van der Waals surface area contributed by atoms with Gasteiger partial charge in [0.05, 0.1) is 30.3 Å². The molecule has 6 nitrogen and oxygen atoms in total. The number of H-pyrrole nitrogens is 1. The topological polar surface area (TPSA) is 66.6 Å². The molecule has 0 radical (unpaired) electrons. The summed E-state index contributed by atoms with van der Waals surface area (Å²) >= 11 is 0. The first kappa shape index (κ1) is 16.8.